The third kappa shape index (κ3) is 3.83. The summed E-state index contributed by atoms with van der Waals surface area (Å²) in [4.78, 5) is 1.14. The van der Waals surface area contributed by atoms with Crippen LogP contribution in [0.2, 0.25) is 5.02 Å². The highest BCUT2D eigenvalue weighted by atomic mass is 79.9. The Hall–Kier alpha value is 0.0600. The summed E-state index contributed by atoms with van der Waals surface area (Å²) in [6, 6.07) is 6.90. The van der Waals surface area contributed by atoms with E-state index in [1.165, 1.54) is 6.07 Å². The SMILES string of the molecule is CCNC(Cc1c(F)cccc1Cl)c1cc(Br)c(Br)s1. The van der Waals surface area contributed by atoms with Gasteiger partial charge in [0.2, 0.25) is 0 Å². The highest BCUT2D eigenvalue weighted by molar-refractivity contribution is 9.13. The molecule has 0 saturated heterocycles. The molecule has 0 aliphatic rings. The monoisotopic (exact) mass is 439 g/mol. The molecule has 1 N–H and O–H groups in total. The van der Waals surface area contributed by atoms with E-state index in [4.69, 9.17) is 11.6 Å². The van der Waals surface area contributed by atoms with Gasteiger partial charge in [0, 0.05) is 26.0 Å². The van der Waals surface area contributed by atoms with Gasteiger partial charge in [0.1, 0.15) is 5.82 Å². The van der Waals surface area contributed by atoms with E-state index in [1.54, 1.807) is 23.5 Å². The Bertz CT molecular complexity index is 563. The molecule has 1 atom stereocenters. The van der Waals surface area contributed by atoms with E-state index < -0.39 is 0 Å². The van der Waals surface area contributed by atoms with Crippen LogP contribution < -0.4 is 5.32 Å². The van der Waals surface area contributed by atoms with Crippen LogP contribution in [-0.2, 0) is 6.42 Å². The topological polar surface area (TPSA) is 12.0 Å². The fourth-order valence-electron chi connectivity index (χ4n) is 1.99. The minimum Gasteiger partial charge on any atom is -0.309 e. The van der Waals surface area contributed by atoms with Crippen LogP contribution in [-0.4, -0.2) is 6.54 Å². The lowest BCUT2D eigenvalue weighted by atomic mass is 10.0. The lowest BCUT2D eigenvalue weighted by Crippen LogP contribution is -2.22. The number of hydrogen-bond donors (Lipinski definition) is 1. The smallest absolute Gasteiger partial charge is 0.127 e. The summed E-state index contributed by atoms with van der Waals surface area (Å²) >= 11 is 14.7. The second-order valence-electron chi connectivity index (χ2n) is 4.29. The molecule has 1 unspecified atom stereocenters. The van der Waals surface area contributed by atoms with Gasteiger partial charge in [-0.15, -0.1) is 11.3 Å². The zero-order chi connectivity index (χ0) is 14.7. The standard InChI is InChI=1S/C14H13Br2ClFNS/c1-2-19-12(13-7-9(15)14(16)20-13)6-8-10(17)4-3-5-11(8)18/h3-5,7,12,19H,2,6H2,1H3. The average Bonchev–Trinajstić information content (AvgIpc) is 2.73. The largest absolute Gasteiger partial charge is 0.309 e. The van der Waals surface area contributed by atoms with Crippen LogP contribution in [0, 0.1) is 5.82 Å². The van der Waals surface area contributed by atoms with E-state index in [2.05, 4.69) is 43.2 Å². The number of hydrogen-bond acceptors (Lipinski definition) is 2. The van der Waals surface area contributed by atoms with Crippen molar-refractivity contribution in [1.29, 1.82) is 0 Å². The van der Waals surface area contributed by atoms with E-state index in [9.17, 15) is 4.39 Å². The fourth-order valence-corrected chi connectivity index (χ4v) is 4.39. The van der Waals surface area contributed by atoms with Crippen molar-refractivity contribution in [3.63, 3.8) is 0 Å². The summed E-state index contributed by atoms with van der Waals surface area (Å²) < 4.78 is 16.0. The van der Waals surface area contributed by atoms with Crippen LogP contribution >= 0.6 is 54.8 Å². The molecule has 1 nitrogen and oxygen atoms in total. The molecule has 0 spiro atoms. The number of rotatable bonds is 5. The van der Waals surface area contributed by atoms with Gasteiger partial charge in [0.15, 0.2) is 0 Å². The number of halogens is 4. The maximum atomic E-state index is 13.9. The Morgan fingerprint density at radius 2 is 2.15 bits per heavy atom. The third-order valence-electron chi connectivity index (χ3n) is 2.93. The molecule has 2 aromatic rings. The highest BCUT2D eigenvalue weighted by Crippen LogP contribution is 2.37. The van der Waals surface area contributed by atoms with Crippen molar-refractivity contribution in [2.45, 2.75) is 19.4 Å². The summed E-state index contributed by atoms with van der Waals surface area (Å²) in [7, 11) is 0. The van der Waals surface area contributed by atoms with Crippen molar-refractivity contribution in [3.05, 3.63) is 53.8 Å². The van der Waals surface area contributed by atoms with Crippen LogP contribution in [0.5, 0.6) is 0 Å². The van der Waals surface area contributed by atoms with E-state index in [0.29, 0.717) is 17.0 Å². The van der Waals surface area contributed by atoms with Gasteiger partial charge in [-0.1, -0.05) is 24.6 Å². The summed E-state index contributed by atoms with van der Waals surface area (Å²) in [5.41, 5.74) is 0.556. The zero-order valence-corrected chi connectivity index (χ0v) is 15.5. The molecule has 0 bridgehead atoms. The van der Waals surface area contributed by atoms with Gasteiger partial charge in [0.25, 0.3) is 0 Å². The molecule has 0 fully saturated rings. The second-order valence-corrected chi connectivity index (χ2v) is 7.95. The van der Waals surface area contributed by atoms with Crippen LogP contribution in [0.4, 0.5) is 4.39 Å². The van der Waals surface area contributed by atoms with E-state index in [-0.39, 0.29) is 11.9 Å². The van der Waals surface area contributed by atoms with Crippen molar-refractivity contribution in [2.24, 2.45) is 0 Å². The third-order valence-corrected chi connectivity index (χ3v) is 6.65. The van der Waals surface area contributed by atoms with Crippen molar-refractivity contribution in [3.8, 4) is 0 Å². The first-order chi connectivity index (χ1) is 9.52. The Balaban J connectivity index is 2.30. The molecular weight excluding hydrogens is 428 g/mol. The summed E-state index contributed by atoms with van der Waals surface area (Å²) in [6.07, 6.45) is 0.527. The van der Waals surface area contributed by atoms with Gasteiger partial charge < -0.3 is 5.32 Å². The molecular formula is C14H13Br2ClFNS. The molecule has 0 radical (unpaired) electrons. The first-order valence-corrected chi connectivity index (χ1v) is 8.92. The van der Waals surface area contributed by atoms with Crippen LogP contribution in [0.15, 0.2) is 32.5 Å². The lowest BCUT2D eigenvalue weighted by Gasteiger charge is -2.17. The fraction of sp³-hybridized carbons (Fsp3) is 0.286. The Labute approximate surface area is 143 Å². The molecule has 2 rings (SSSR count). The number of nitrogens with one attached hydrogen (secondary N) is 1. The summed E-state index contributed by atoms with van der Waals surface area (Å²) in [5, 5.41) is 3.86. The van der Waals surface area contributed by atoms with Gasteiger partial charge in [-0.3, -0.25) is 0 Å². The van der Waals surface area contributed by atoms with Gasteiger partial charge in [0.05, 0.1) is 3.79 Å². The molecule has 1 heterocycles. The predicted octanol–water partition coefficient (Wildman–Crippen LogP) is 5.96. The number of thiophene rings is 1. The Kier molecular flexibility index (Phi) is 6.05. The molecule has 108 valence electrons. The Morgan fingerprint density at radius 3 is 2.70 bits per heavy atom. The van der Waals surface area contributed by atoms with Crippen LogP contribution in [0.1, 0.15) is 23.4 Å². The van der Waals surface area contributed by atoms with Gasteiger partial charge in [-0.25, -0.2) is 4.39 Å². The van der Waals surface area contributed by atoms with Crippen molar-refractivity contribution >= 4 is 54.8 Å². The van der Waals surface area contributed by atoms with Gasteiger partial charge in [-0.05, 0) is 63.0 Å². The van der Waals surface area contributed by atoms with Gasteiger partial charge in [-0.2, -0.15) is 0 Å². The van der Waals surface area contributed by atoms with Crippen molar-refractivity contribution in [1.82, 2.24) is 5.32 Å². The molecule has 0 aliphatic carbocycles. The zero-order valence-electron chi connectivity index (χ0n) is 10.7. The number of likely N-dealkylation sites (N-methyl/N-ethyl adjacent to an activating group) is 1. The molecule has 0 saturated carbocycles. The van der Waals surface area contributed by atoms with Crippen LogP contribution in [0.25, 0.3) is 0 Å². The lowest BCUT2D eigenvalue weighted by molar-refractivity contribution is 0.534. The molecule has 0 amide bonds. The molecule has 1 aromatic carbocycles. The average molecular weight is 442 g/mol. The molecule has 1 aromatic heterocycles. The number of benzene rings is 1. The maximum absolute atomic E-state index is 13.9. The second kappa shape index (κ2) is 7.36. The van der Waals surface area contributed by atoms with E-state index in [0.717, 1.165) is 19.7 Å². The highest BCUT2D eigenvalue weighted by Gasteiger charge is 2.19. The molecule has 20 heavy (non-hydrogen) atoms. The first-order valence-electron chi connectivity index (χ1n) is 6.14. The summed E-state index contributed by atoms with van der Waals surface area (Å²) in [6.45, 7) is 2.84. The first kappa shape index (κ1) is 16.4. The van der Waals surface area contributed by atoms with E-state index in [1.807, 2.05) is 6.92 Å². The van der Waals surface area contributed by atoms with Gasteiger partial charge >= 0.3 is 0 Å². The quantitative estimate of drug-likeness (QED) is 0.604. The van der Waals surface area contributed by atoms with E-state index >= 15 is 0 Å². The molecule has 6 heteroatoms. The van der Waals surface area contributed by atoms with Crippen LogP contribution in [0.3, 0.4) is 0 Å². The maximum Gasteiger partial charge on any atom is 0.127 e. The van der Waals surface area contributed by atoms with Crippen molar-refractivity contribution in [2.75, 3.05) is 6.54 Å². The normalized spacial score (nSPS) is 12.7. The minimum atomic E-state index is -0.255. The summed E-state index contributed by atoms with van der Waals surface area (Å²) in [5.74, 6) is -0.255. The molecule has 0 aliphatic heterocycles. The minimum absolute atomic E-state index is 0.0435. The predicted molar refractivity (Wildman–Crippen MR) is 91.3 cm³/mol. The van der Waals surface area contributed by atoms with Crippen molar-refractivity contribution < 1.29 is 4.39 Å². The Morgan fingerprint density at radius 1 is 1.40 bits per heavy atom.